The van der Waals surface area contributed by atoms with Gasteiger partial charge in [0.1, 0.15) is 12.4 Å². The number of benzene rings is 1. The lowest BCUT2D eigenvalue weighted by Crippen LogP contribution is -2.49. The molecule has 158 valence electrons. The number of hydrogen-bond acceptors (Lipinski definition) is 4. The number of likely N-dealkylation sites (tertiary alicyclic amines) is 1. The highest BCUT2D eigenvalue weighted by atomic mass is 15.3. The number of rotatable bonds is 7. The standard InChI is InChI=1S/C22H35N7/c1-5-13-29-14-11-20(12-15-29)25-22(23-16-21-27-26-18(3)28(21)4)24-17(2)19-9-7-6-8-10-19/h6-10,17,20H,5,11-16H2,1-4H3,(H2,23,24,25). The van der Waals surface area contributed by atoms with E-state index in [1.807, 2.05) is 24.6 Å². The molecule has 2 aromatic rings. The van der Waals surface area contributed by atoms with Crippen LogP contribution < -0.4 is 10.6 Å². The smallest absolute Gasteiger partial charge is 0.192 e. The average Bonchev–Trinajstić information content (AvgIpc) is 3.06. The van der Waals surface area contributed by atoms with Gasteiger partial charge >= 0.3 is 0 Å². The fourth-order valence-electron chi connectivity index (χ4n) is 3.71. The van der Waals surface area contributed by atoms with E-state index in [4.69, 9.17) is 4.99 Å². The first kappa shape index (κ1) is 21.3. The van der Waals surface area contributed by atoms with E-state index in [0.717, 1.165) is 43.5 Å². The van der Waals surface area contributed by atoms with Crippen molar-refractivity contribution in [2.45, 2.75) is 58.7 Å². The van der Waals surface area contributed by atoms with E-state index in [-0.39, 0.29) is 6.04 Å². The highest BCUT2D eigenvalue weighted by Crippen LogP contribution is 2.13. The van der Waals surface area contributed by atoms with Crippen LogP contribution >= 0.6 is 0 Å². The molecule has 1 aromatic heterocycles. The molecule has 0 bridgehead atoms. The van der Waals surface area contributed by atoms with Crippen LogP contribution in [0.1, 0.15) is 56.4 Å². The van der Waals surface area contributed by atoms with Crippen LogP contribution in [0.5, 0.6) is 0 Å². The quantitative estimate of drug-likeness (QED) is 0.555. The van der Waals surface area contributed by atoms with Crippen LogP contribution in [-0.2, 0) is 13.6 Å². The van der Waals surface area contributed by atoms with Gasteiger partial charge in [-0.15, -0.1) is 10.2 Å². The maximum absolute atomic E-state index is 4.84. The van der Waals surface area contributed by atoms with E-state index in [9.17, 15) is 0 Å². The molecule has 1 aliphatic rings. The first-order chi connectivity index (χ1) is 14.1. The topological polar surface area (TPSA) is 70.4 Å². The van der Waals surface area contributed by atoms with Crippen LogP contribution in [0.3, 0.4) is 0 Å². The normalized spacial score (nSPS) is 17.3. The number of aromatic nitrogens is 3. The molecular weight excluding hydrogens is 362 g/mol. The summed E-state index contributed by atoms with van der Waals surface area (Å²) in [4.78, 5) is 7.39. The van der Waals surface area contributed by atoms with Crippen molar-refractivity contribution in [1.82, 2.24) is 30.3 Å². The van der Waals surface area contributed by atoms with E-state index in [1.54, 1.807) is 0 Å². The lowest BCUT2D eigenvalue weighted by Gasteiger charge is -2.33. The Morgan fingerprint density at radius 2 is 1.93 bits per heavy atom. The molecule has 29 heavy (non-hydrogen) atoms. The minimum atomic E-state index is 0.170. The Morgan fingerprint density at radius 3 is 2.55 bits per heavy atom. The molecule has 0 saturated carbocycles. The van der Waals surface area contributed by atoms with Crippen molar-refractivity contribution in [2.24, 2.45) is 12.0 Å². The van der Waals surface area contributed by atoms with Crippen LogP contribution in [0.4, 0.5) is 0 Å². The molecule has 0 spiro atoms. The van der Waals surface area contributed by atoms with Crippen molar-refractivity contribution >= 4 is 5.96 Å². The van der Waals surface area contributed by atoms with Gasteiger partial charge in [0.25, 0.3) is 0 Å². The highest BCUT2D eigenvalue weighted by Gasteiger charge is 2.20. The van der Waals surface area contributed by atoms with Crippen molar-refractivity contribution in [3.05, 3.63) is 47.5 Å². The fraction of sp³-hybridized carbons (Fsp3) is 0.591. The Labute approximate surface area is 174 Å². The van der Waals surface area contributed by atoms with Gasteiger partial charge < -0.3 is 20.1 Å². The summed E-state index contributed by atoms with van der Waals surface area (Å²) in [6.07, 6.45) is 3.50. The second-order valence-electron chi connectivity index (χ2n) is 7.92. The molecule has 1 aromatic carbocycles. The van der Waals surface area contributed by atoms with Crippen LogP contribution in [-0.4, -0.2) is 51.3 Å². The van der Waals surface area contributed by atoms with Crippen molar-refractivity contribution in [3.8, 4) is 0 Å². The van der Waals surface area contributed by atoms with Gasteiger partial charge in [-0.25, -0.2) is 4.99 Å². The van der Waals surface area contributed by atoms with E-state index in [0.29, 0.717) is 12.6 Å². The van der Waals surface area contributed by atoms with Crippen LogP contribution in [0.15, 0.2) is 35.3 Å². The molecule has 7 heteroatoms. The molecule has 1 unspecified atom stereocenters. The molecule has 0 amide bonds. The molecule has 1 saturated heterocycles. The molecular formula is C22H35N7. The minimum Gasteiger partial charge on any atom is -0.354 e. The fourth-order valence-corrected chi connectivity index (χ4v) is 3.71. The number of nitrogens with zero attached hydrogens (tertiary/aromatic N) is 5. The first-order valence-corrected chi connectivity index (χ1v) is 10.8. The Hall–Kier alpha value is -2.41. The lowest BCUT2D eigenvalue weighted by molar-refractivity contribution is 0.206. The summed E-state index contributed by atoms with van der Waals surface area (Å²) < 4.78 is 1.99. The molecule has 2 N–H and O–H groups in total. The number of nitrogens with one attached hydrogen (secondary N) is 2. The largest absolute Gasteiger partial charge is 0.354 e. The third kappa shape index (κ3) is 6.03. The van der Waals surface area contributed by atoms with E-state index >= 15 is 0 Å². The zero-order chi connectivity index (χ0) is 20.6. The maximum atomic E-state index is 4.84. The number of aryl methyl sites for hydroxylation is 1. The molecule has 2 heterocycles. The molecule has 0 aliphatic carbocycles. The summed E-state index contributed by atoms with van der Waals surface area (Å²) in [5.74, 6) is 2.61. The number of hydrogen-bond donors (Lipinski definition) is 2. The van der Waals surface area contributed by atoms with Crippen molar-refractivity contribution in [3.63, 3.8) is 0 Å². The third-order valence-corrected chi connectivity index (χ3v) is 5.68. The molecule has 1 fully saturated rings. The summed E-state index contributed by atoms with van der Waals surface area (Å²) in [6.45, 7) is 10.4. The Bertz CT molecular complexity index is 776. The van der Waals surface area contributed by atoms with Gasteiger partial charge in [0.05, 0.1) is 6.04 Å². The Balaban J connectivity index is 1.67. The Morgan fingerprint density at radius 1 is 1.21 bits per heavy atom. The average molecular weight is 398 g/mol. The van der Waals surface area contributed by atoms with Gasteiger partial charge in [0, 0.05) is 26.2 Å². The van der Waals surface area contributed by atoms with Crippen LogP contribution in [0.25, 0.3) is 0 Å². The van der Waals surface area contributed by atoms with E-state index < -0.39 is 0 Å². The van der Waals surface area contributed by atoms with E-state index in [2.05, 4.69) is 63.8 Å². The molecule has 1 atom stereocenters. The van der Waals surface area contributed by atoms with Gasteiger partial charge in [-0.2, -0.15) is 0 Å². The number of aliphatic imine (C=N–C) groups is 1. The summed E-state index contributed by atoms with van der Waals surface area (Å²) in [6, 6.07) is 11.1. The lowest BCUT2D eigenvalue weighted by atomic mass is 10.0. The number of piperidine rings is 1. The summed E-state index contributed by atoms with van der Waals surface area (Å²) >= 11 is 0. The van der Waals surface area contributed by atoms with Crippen molar-refractivity contribution in [2.75, 3.05) is 19.6 Å². The van der Waals surface area contributed by atoms with Gasteiger partial charge in [0.2, 0.25) is 0 Å². The SMILES string of the molecule is CCCN1CCC(NC(=NCc2nnc(C)n2C)NC(C)c2ccccc2)CC1. The monoisotopic (exact) mass is 397 g/mol. The highest BCUT2D eigenvalue weighted by molar-refractivity contribution is 5.80. The third-order valence-electron chi connectivity index (χ3n) is 5.68. The van der Waals surface area contributed by atoms with Gasteiger partial charge in [-0.3, -0.25) is 0 Å². The number of guanidine groups is 1. The van der Waals surface area contributed by atoms with Crippen LogP contribution in [0.2, 0.25) is 0 Å². The second kappa shape index (κ2) is 10.4. The molecule has 3 rings (SSSR count). The van der Waals surface area contributed by atoms with Crippen LogP contribution in [0, 0.1) is 6.92 Å². The molecule has 0 radical (unpaired) electrons. The predicted octanol–water partition coefficient (Wildman–Crippen LogP) is 2.79. The molecule has 1 aliphatic heterocycles. The van der Waals surface area contributed by atoms with Gasteiger partial charge in [0.15, 0.2) is 11.8 Å². The molecule has 7 nitrogen and oxygen atoms in total. The zero-order valence-electron chi connectivity index (χ0n) is 18.2. The Kier molecular flexibility index (Phi) is 7.63. The summed E-state index contributed by atoms with van der Waals surface area (Å²) in [5.41, 5.74) is 1.24. The van der Waals surface area contributed by atoms with Crippen molar-refractivity contribution in [1.29, 1.82) is 0 Å². The summed E-state index contributed by atoms with van der Waals surface area (Å²) in [7, 11) is 1.98. The summed E-state index contributed by atoms with van der Waals surface area (Å²) in [5, 5.41) is 15.6. The van der Waals surface area contributed by atoms with Crippen molar-refractivity contribution < 1.29 is 0 Å². The zero-order valence-corrected chi connectivity index (χ0v) is 18.2. The minimum absolute atomic E-state index is 0.170. The second-order valence-corrected chi connectivity index (χ2v) is 7.92. The van der Waals surface area contributed by atoms with E-state index in [1.165, 1.54) is 18.5 Å². The van der Waals surface area contributed by atoms with Gasteiger partial charge in [-0.05, 0) is 45.2 Å². The first-order valence-electron chi connectivity index (χ1n) is 10.8. The predicted molar refractivity (Wildman–Crippen MR) is 118 cm³/mol. The maximum Gasteiger partial charge on any atom is 0.192 e. The van der Waals surface area contributed by atoms with Gasteiger partial charge in [-0.1, -0.05) is 37.3 Å².